The third-order valence-electron chi connectivity index (χ3n) is 3.01. The Kier molecular flexibility index (Phi) is 7.45. The van der Waals surface area contributed by atoms with Gasteiger partial charge in [0, 0.05) is 50.9 Å². The van der Waals surface area contributed by atoms with Gasteiger partial charge in [0.1, 0.15) is 0 Å². The average molecular weight is 307 g/mol. The molecule has 3 N–H and O–H groups in total. The Labute approximate surface area is 120 Å². The zero-order valence-electron chi connectivity index (χ0n) is 12.1. The van der Waals surface area contributed by atoms with E-state index in [-0.39, 0.29) is 12.5 Å². The van der Waals surface area contributed by atoms with E-state index in [4.69, 9.17) is 23.5 Å². The van der Waals surface area contributed by atoms with Crippen molar-refractivity contribution in [3.63, 3.8) is 0 Å². The molecule has 0 spiro atoms. The molecule has 1 heterocycles. The molecule has 0 aliphatic carbocycles. The van der Waals surface area contributed by atoms with E-state index in [1.54, 1.807) is 0 Å². The molecule has 0 aromatic rings. The Bertz CT molecular complexity index is 296. The molecule has 0 radical (unpaired) electrons. The predicted molar refractivity (Wildman–Crippen MR) is 74.5 cm³/mol. The van der Waals surface area contributed by atoms with E-state index in [0.717, 1.165) is 0 Å². The first kappa shape index (κ1) is 17.4. The maximum absolute atomic E-state index is 10.4. The number of amides is 1. The highest BCUT2D eigenvalue weighted by atomic mass is 28.4. The van der Waals surface area contributed by atoms with Crippen LogP contribution in [0.3, 0.4) is 0 Å². The van der Waals surface area contributed by atoms with Crippen molar-refractivity contribution in [2.24, 2.45) is 11.8 Å². The van der Waals surface area contributed by atoms with Gasteiger partial charge in [0.25, 0.3) is 0 Å². The van der Waals surface area contributed by atoms with E-state index in [9.17, 15) is 4.79 Å². The molecule has 1 atom stereocenters. The molecule has 1 saturated heterocycles. The minimum absolute atomic E-state index is 0.0306. The van der Waals surface area contributed by atoms with Gasteiger partial charge >= 0.3 is 14.9 Å². The highest BCUT2D eigenvalue weighted by Crippen LogP contribution is 2.24. The van der Waals surface area contributed by atoms with Gasteiger partial charge in [0.2, 0.25) is 0 Å². The Hall–Kier alpha value is -0.673. The molecule has 0 aromatic carbocycles. The lowest BCUT2D eigenvalue weighted by atomic mass is 10.2. The molecule has 1 aliphatic heterocycles. The average Bonchev–Trinajstić information content (AvgIpc) is 2.44. The fraction of sp³-hybridized carbons (Fsp3) is 0.917. The van der Waals surface area contributed by atoms with Crippen LogP contribution in [0.2, 0.25) is 6.04 Å². The standard InChI is InChI=1S/C12H25NO6Si/c1-10(6-14)7-17-20(5-3-4-13-12(15)16)18-8-11(2)9-19-20/h10-11,13-14H,3-9H2,1-2H3,(H,15,16). The van der Waals surface area contributed by atoms with Crippen LogP contribution in [-0.2, 0) is 13.3 Å². The Morgan fingerprint density at radius 3 is 2.70 bits per heavy atom. The van der Waals surface area contributed by atoms with E-state index in [2.05, 4.69) is 5.32 Å². The van der Waals surface area contributed by atoms with Crippen LogP contribution in [-0.4, -0.2) is 58.1 Å². The third-order valence-corrected chi connectivity index (χ3v) is 5.80. The summed E-state index contributed by atoms with van der Waals surface area (Å²) in [7, 11) is -2.72. The van der Waals surface area contributed by atoms with Crippen molar-refractivity contribution in [3.8, 4) is 0 Å². The van der Waals surface area contributed by atoms with Crippen LogP contribution in [0, 0.1) is 11.8 Å². The molecule has 1 amide bonds. The number of hydrogen-bond acceptors (Lipinski definition) is 5. The Morgan fingerprint density at radius 2 is 2.15 bits per heavy atom. The number of aliphatic hydroxyl groups is 1. The van der Waals surface area contributed by atoms with Crippen molar-refractivity contribution in [1.82, 2.24) is 5.32 Å². The third kappa shape index (κ3) is 6.19. The van der Waals surface area contributed by atoms with Crippen molar-refractivity contribution in [1.29, 1.82) is 0 Å². The molecule has 1 unspecified atom stereocenters. The van der Waals surface area contributed by atoms with E-state index in [0.29, 0.717) is 44.7 Å². The second-order valence-corrected chi connectivity index (χ2v) is 8.08. The fourth-order valence-corrected chi connectivity index (χ4v) is 4.66. The van der Waals surface area contributed by atoms with Crippen molar-refractivity contribution < 1.29 is 28.3 Å². The number of hydrogen-bond donors (Lipinski definition) is 3. The first-order chi connectivity index (χ1) is 9.47. The first-order valence-corrected chi connectivity index (χ1v) is 8.90. The summed E-state index contributed by atoms with van der Waals surface area (Å²) < 4.78 is 17.5. The van der Waals surface area contributed by atoms with Crippen LogP contribution in [0.25, 0.3) is 0 Å². The molecule has 20 heavy (non-hydrogen) atoms. The fourth-order valence-electron chi connectivity index (χ4n) is 1.75. The van der Waals surface area contributed by atoms with Gasteiger partial charge in [-0.25, -0.2) is 4.79 Å². The smallest absolute Gasteiger partial charge is 0.465 e. The molecule has 1 aliphatic rings. The molecule has 8 heteroatoms. The van der Waals surface area contributed by atoms with Gasteiger partial charge in [-0.3, -0.25) is 0 Å². The van der Waals surface area contributed by atoms with Crippen LogP contribution in [0.5, 0.6) is 0 Å². The van der Waals surface area contributed by atoms with Gasteiger partial charge < -0.3 is 28.8 Å². The molecule has 0 bridgehead atoms. The summed E-state index contributed by atoms with van der Waals surface area (Å²) in [5.41, 5.74) is 0. The predicted octanol–water partition coefficient (Wildman–Crippen LogP) is 0.911. The lowest BCUT2D eigenvalue weighted by molar-refractivity contribution is -0.0133. The second kappa shape index (κ2) is 8.58. The molecule has 1 fully saturated rings. The Balaban J connectivity index is 2.44. The summed E-state index contributed by atoms with van der Waals surface area (Å²) in [6.07, 6.45) is -0.421. The summed E-state index contributed by atoms with van der Waals surface area (Å²) in [5.74, 6) is 0.370. The number of nitrogens with one attached hydrogen (secondary N) is 1. The normalized spacial score (nSPS) is 28.1. The quantitative estimate of drug-likeness (QED) is 0.455. The molecule has 1 rings (SSSR count). The topological polar surface area (TPSA) is 97.3 Å². The van der Waals surface area contributed by atoms with Gasteiger partial charge in [-0.05, 0) is 6.42 Å². The number of carbonyl (C=O) groups is 1. The lowest BCUT2D eigenvalue weighted by Gasteiger charge is -2.36. The minimum atomic E-state index is -2.72. The van der Waals surface area contributed by atoms with Crippen molar-refractivity contribution >= 4 is 14.9 Å². The zero-order chi connectivity index (χ0) is 15.0. The maximum atomic E-state index is 10.4. The maximum Gasteiger partial charge on any atom is 0.501 e. The largest absolute Gasteiger partial charge is 0.501 e. The van der Waals surface area contributed by atoms with Crippen molar-refractivity contribution in [3.05, 3.63) is 0 Å². The van der Waals surface area contributed by atoms with Crippen LogP contribution >= 0.6 is 0 Å². The highest BCUT2D eigenvalue weighted by molar-refractivity contribution is 6.60. The monoisotopic (exact) mass is 307 g/mol. The number of rotatable bonds is 8. The van der Waals surface area contributed by atoms with Gasteiger partial charge in [-0.1, -0.05) is 13.8 Å². The number of aliphatic hydroxyl groups excluding tert-OH is 1. The molecular weight excluding hydrogens is 282 g/mol. The summed E-state index contributed by atoms with van der Waals surface area (Å²) in [6, 6.07) is 0.581. The molecule has 7 nitrogen and oxygen atoms in total. The number of carboxylic acid groups (broad SMARTS) is 1. The lowest BCUT2D eigenvalue weighted by Crippen LogP contribution is -2.52. The van der Waals surface area contributed by atoms with Crippen LogP contribution in [0.1, 0.15) is 20.3 Å². The van der Waals surface area contributed by atoms with Crippen LogP contribution in [0.15, 0.2) is 0 Å². The van der Waals surface area contributed by atoms with E-state index in [1.165, 1.54) is 0 Å². The van der Waals surface area contributed by atoms with Crippen LogP contribution in [0.4, 0.5) is 4.79 Å². The van der Waals surface area contributed by atoms with E-state index in [1.807, 2.05) is 13.8 Å². The second-order valence-electron chi connectivity index (χ2n) is 5.34. The van der Waals surface area contributed by atoms with Gasteiger partial charge in [0.05, 0.1) is 0 Å². The Morgan fingerprint density at radius 1 is 1.50 bits per heavy atom. The molecule has 0 saturated carbocycles. The summed E-state index contributed by atoms with van der Waals surface area (Å²) in [6.45, 7) is 5.94. The SMILES string of the molecule is CC(CO)CO[Si]1(CCCNC(=O)O)OCC(C)CO1. The summed E-state index contributed by atoms with van der Waals surface area (Å²) in [5, 5.41) is 19.9. The molecule has 118 valence electrons. The molecular formula is C12H25NO6Si. The van der Waals surface area contributed by atoms with Gasteiger partial charge in [0.15, 0.2) is 0 Å². The van der Waals surface area contributed by atoms with Crippen LogP contribution < -0.4 is 5.32 Å². The van der Waals surface area contributed by atoms with Gasteiger partial charge in [-0.2, -0.15) is 0 Å². The highest BCUT2D eigenvalue weighted by Gasteiger charge is 2.44. The van der Waals surface area contributed by atoms with E-state index >= 15 is 0 Å². The summed E-state index contributed by atoms with van der Waals surface area (Å²) in [4.78, 5) is 10.4. The summed E-state index contributed by atoms with van der Waals surface area (Å²) >= 11 is 0. The molecule has 0 aromatic heterocycles. The first-order valence-electron chi connectivity index (χ1n) is 6.97. The van der Waals surface area contributed by atoms with Crippen molar-refractivity contribution in [2.75, 3.05) is 33.0 Å². The van der Waals surface area contributed by atoms with E-state index < -0.39 is 14.9 Å². The zero-order valence-corrected chi connectivity index (χ0v) is 13.1. The minimum Gasteiger partial charge on any atom is -0.465 e. The van der Waals surface area contributed by atoms with Crippen molar-refractivity contribution in [2.45, 2.75) is 26.3 Å². The van der Waals surface area contributed by atoms with Gasteiger partial charge in [-0.15, -0.1) is 0 Å².